The summed E-state index contributed by atoms with van der Waals surface area (Å²) in [7, 11) is 3.87. The van der Waals surface area contributed by atoms with Gasteiger partial charge < -0.3 is 33.9 Å². The number of carbonyl (C=O) groups excluding carboxylic acids is 4. The number of allylic oxidation sites excluding steroid dienone is 1. The third-order valence-electron chi connectivity index (χ3n) is 6.95. The zero-order chi connectivity index (χ0) is 29.2. The molecule has 0 saturated carbocycles. The Kier molecular flexibility index (Phi) is 8.26. The van der Waals surface area contributed by atoms with E-state index in [0.717, 1.165) is 6.08 Å². The number of ether oxygens (including phenoxy) is 5. The van der Waals surface area contributed by atoms with Gasteiger partial charge in [-0.1, -0.05) is 0 Å². The molecule has 40 heavy (non-hydrogen) atoms. The van der Waals surface area contributed by atoms with Crippen molar-refractivity contribution in [1.29, 1.82) is 0 Å². The lowest BCUT2D eigenvalue weighted by atomic mass is 9.79. The number of hydrogen-bond donors (Lipinski definition) is 2. The Bertz CT molecular complexity index is 1410. The van der Waals surface area contributed by atoms with Crippen LogP contribution >= 0.6 is 0 Å². The molecule has 1 heterocycles. The van der Waals surface area contributed by atoms with Crippen LogP contribution in [0.5, 0.6) is 17.2 Å². The molecule has 1 aliphatic heterocycles. The maximum Gasteiger partial charge on any atom is 0.333 e. The number of phenols is 2. The van der Waals surface area contributed by atoms with E-state index < -0.39 is 34.8 Å². The van der Waals surface area contributed by atoms with Gasteiger partial charge in [0.25, 0.3) is 0 Å². The SMILES string of the molecule is COC(=O)/C=C(\Cc1c(CCC(=O)CC2(C)OCCO2)cc2c(c1O)C(=O)c1cc(OC)cc(O)c1C2=O)OC. The van der Waals surface area contributed by atoms with Gasteiger partial charge in [0.15, 0.2) is 17.4 Å². The smallest absolute Gasteiger partial charge is 0.333 e. The van der Waals surface area contributed by atoms with Crippen LogP contribution in [0.4, 0.5) is 0 Å². The van der Waals surface area contributed by atoms with Crippen molar-refractivity contribution in [3.8, 4) is 17.2 Å². The quantitative estimate of drug-likeness (QED) is 0.216. The zero-order valence-electron chi connectivity index (χ0n) is 22.6. The van der Waals surface area contributed by atoms with E-state index >= 15 is 0 Å². The molecule has 11 nitrogen and oxygen atoms in total. The first-order chi connectivity index (χ1) is 19.0. The molecule has 11 heteroatoms. The van der Waals surface area contributed by atoms with E-state index in [1.165, 1.54) is 39.5 Å². The molecule has 2 aromatic carbocycles. The lowest BCUT2D eigenvalue weighted by Gasteiger charge is -2.24. The van der Waals surface area contributed by atoms with E-state index in [2.05, 4.69) is 4.74 Å². The molecular weight excluding hydrogens is 524 g/mol. The van der Waals surface area contributed by atoms with Gasteiger partial charge in [0, 0.05) is 35.6 Å². The van der Waals surface area contributed by atoms with Crippen molar-refractivity contribution in [2.45, 2.75) is 38.4 Å². The Morgan fingerprint density at radius 3 is 2.25 bits per heavy atom. The summed E-state index contributed by atoms with van der Waals surface area (Å²) in [5, 5.41) is 21.9. The molecule has 2 N–H and O–H groups in total. The van der Waals surface area contributed by atoms with Gasteiger partial charge in [-0.25, -0.2) is 4.79 Å². The minimum absolute atomic E-state index is 0.00528. The average Bonchev–Trinajstić information content (AvgIpc) is 3.35. The number of phenolic OH excluding ortho intramolecular Hbond substituents is 2. The number of aromatic hydroxyl groups is 2. The fraction of sp³-hybridized carbons (Fsp3) is 0.379. The van der Waals surface area contributed by atoms with Crippen LogP contribution in [0.1, 0.15) is 62.7 Å². The van der Waals surface area contributed by atoms with Gasteiger partial charge in [-0.3, -0.25) is 14.4 Å². The number of methoxy groups -OCH3 is 3. The van der Waals surface area contributed by atoms with Gasteiger partial charge in [-0.2, -0.15) is 0 Å². The topological polar surface area (TPSA) is 155 Å². The highest BCUT2D eigenvalue weighted by atomic mass is 16.7. The molecule has 1 saturated heterocycles. The largest absolute Gasteiger partial charge is 0.507 e. The van der Waals surface area contributed by atoms with Crippen LogP contribution in [-0.4, -0.2) is 73.9 Å². The third kappa shape index (κ3) is 5.56. The molecule has 1 fully saturated rings. The number of benzene rings is 2. The van der Waals surface area contributed by atoms with Crippen LogP contribution < -0.4 is 4.74 Å². The molecule has 0 atom stereocenters. The van der Waals surface area contributed by atoms with Crippen LogP contribution in [0.15, 0.2) is 30.0 Å². The van der Waals surface area contributed by atoms with Crippen LogP contribution in [0.3, 0.4) is 0 Å². The highest BCUT2D eigenvalue weighted by Gasteiger charge is 2.37. The normalized spacial score (nSPS) is 15.8. The number of carbonyl (C=O) groups is 4. The standard InChI is InChI=1S/C29H30O11/c1-29(39-7-8-40-29)14-16(30)6-5-15-9-20-25(26(33)19(15)10-18(37-3)13-23(32)38-4)28(35)21-11-17(36-2)12-22(31)24(21)27(20)34/h9,11-13,31,33H,5-8,10,14H2,1-4H3/b18-13+. The fourth-order valence-electron chi connectivity index (χ4n) is 4.93. The van der Waals surface area contributed by atoms with E-state index in [1.54, 1.807) is 6.92 Å². The average molecular weight is 555 g/mol. The van der Waals surface area contributed by atoms with Crippen LogP contribution in [0.2, 0.25) is 0 Å². The molecule has 2 aliphatic rings. The summed E-state index contributed by atoms with van der Waals surface area (Å²) in [6.45, 7) is 2.45. The van der Waals surface area contributed by atoms with Gasteiger partial charge in [0.2, 0.25) is 0 Å². The molecule has 4 rings (SSSR count). The Morgan fingerprint density at radius 2 is 1.62 bits per heavy atom. The Balaban J connectivity index is 1.78. The van der Waals surface area contributed by atoms with Crippen molar-refractivity contribution in [3.63, 3.8) is 0 Å². The number of fused-ring (bicyclic) bond motifs is 2. The molecule has 2 aromatic rings. The molecule has 212 valence electrons. The Labute approximate surface area is 230 Å². The minimum atomic E-state index is -1.02. The maximum atomic E-state index is 13.6. The first-order valence-electron chi connectivity index (χ1n) is 12.5. The number of rotatable bonds is 10. The Hall–Kier alpha value is -4.22. The molecule has 0 spiro atoms. The maximum absolute atomic E-state index is 13.6. The van der Waals surface area contributed by atoms with E-state index in [4.69, 9.17) is 18.9 Å². The van der Waals surface area contributed by atoms with Crippen molar-refractivity contribution >= 4 is 23.3 Å². The van der Waals surface area contributed by atoms with E-state index in [9.17, 15) is 29.4 Å². The Morgan fingerprint density at radius 1 is 0.975 bits per heavy atom. The molecule has 0 amide bonds. The zero-order valence-corrected chi connectivity index (χ0v) is 22.6. The fourth-order valence-corrected chi connectivity index (χ4v) is 4.93. The number of ketones is 3. The highest BCUT2D eigenvalue weighted by Crippen LogP contribution is 2.42. The second-order valence-corrected chi connectivity index (χ2v) is 9.57. The summed E-state index contributed by atoms with van der Waals surface area (Å²) in [6.07, 6.45) is 1.05. The van der Waals surface area contributed by atoms with Crippen LogP contribution in [0.25, 0.3) is 0 Å². The first kappa shape index (κ1) is 28.8. The lowest BCUT2D eigenvalue weighted by molar-refractivity contribution is -0.158. The molecule has 0 radical (unpaired) electrons. The summed E-state index contributed by atoms with van der Waals surface area (Å²) < 4.78 is 26.1. The predicted molar refractivity (Wildman–Crippen MR) is 139 cm³/mol. The summed E-state index contributed by atoms with van der Waals surface area (Å²) in [5.74, 6) is -3.92. The van der Waals surface area contributed by atoms with Crippen molar-refractivity contribution in [1.82, 2.24) is 0 Å². The second kappa shape index (κ2) is 11.5. The van der Waals surface area contributed by atoms with Gasteiger partial charge in [0.05, 0.1) is 58.2 Å². The molecule has 0 aromatic heterocycles. The van der Waals surface area contributed by atoms with E-state index in [0.29, 0.717) is 18.8 Å². The minimum Gasteiger partial charge on any atom is -0.507 e. The van der Waals surface area contributed by atoms with Crippen molar-refractivity contribution in [2.75, 3.05) is 34.5 Å². The summed E-state index contributed by atoms with van der Waals surface area (Å²) >= 11 is 0. The molecular formula is C29H30O11. The van der Waals surface area contributed by atoms with Gasteiger partial charge >= 0.3 is 5.97 Å². The summed E-state index contributed by atoms with van der Waals surface area (Å²) in [4.78, 5) is 51.7. The third-order valence-corrected chi connectivity index (χ3v) is 6.95. The van der Waals surface area contributed by atoms with Gasteiger partial charge in [-0.15, -0.1) is 0 Å². The second-order valence-electron chi connectivity index (χ2n) is 9.57. The highest BCUT2D eigenvalue weighted by molar-refractivity contribution is 6.30. The number of esters is 1. The lowest BCUT2D eigenvalue weighted by Crippen LogP contribution is -2.29. The summed E-state index contributed by atoms with van der Waals surface area (Å²) in [6, 6.07) is 3.97. The number of aryl methyl sites for hydroxylation is 1. The van der Waals surface area contributed by atoms with Gasteiger partial charge in [-0.05, 0) is 31.0 Å². The van der Waals surface area contributed by atoms with Crippen molar-refractivity contribution in [3.05, 3.63) is 63.4 Å². The van der Waals surface area contributed by atoms with Crippen LogP contribution in [0, 0.1) is 0 Å². The number of hydrogen-bond acceptors (Lipinski definition) is 11. The van der Waals surface area contributed by atoms with Crippen molar-refractivity contribution < 1.29 is 53.1 Å². The summed E-state index contributed by atoms with van der Waals surface area (Å²) in [5.41, 5.74) is -0.135. The first-order valence-corrected chi connectivity index (χ1v) is 12.5. The van der Waals surface area contributed by atoms with Gasteiger partial charge in [0.1, 0.15) is 28.8 Å². The monoisotopic (exact) mass is 554 g/mol. The van der Waals surface area contributed by atoms with E-state index in [1.807, 2.05) is 0 Å². The number of Topliss-reactive ketones (excluding diaryl/α,β-unsaturated/α-hetero) is 1. The molecule has 1 aliphatic carbocycles. The molecule has 0 unspecified atom stereocenters. The molecule has 0 bridgehead atoms. The van der Waals surface area contributed by atoms with Crippen molar-refractivity contribution in [2.24, 2.45) is 0 Å². The van der Waals surface area contributed by atoms with Crippen LogP contribution in [-0.2, 0) is 41.4 Å². The predicted octanol–water partition coefficient (Wildman–Crippen LogP) is 2.78. The van der Waals surface area contributed by atoms with E-state index in [-0.39, 0.29) is 70.8 Å².